The van der Waals surface area contributed by atoms with E-state index in [2.05, 4.69) is 6.07 Å². The second-order valence-corrected chi connectivity index (χ2v) is 6.47. The van der Waals surface area contributed by atoms with Crippen molar-refractivity contribution in [2.45, 2.75) is 18.9 Å². The van der Waals surface area contributed by atoms with Gasteiger partial charge in [-0.2, -0.15) is 5.26 Å². The van der Waals surface area contributed by atoms with Crippen LogP contribution in [0.5, 0.6) is 0 Å². The molecule has 0 aliphatic heterocycles. The number of nitrogens with zero attached hydrogens (tertiary/aromatic N) is 1. The molecule has 0 spiro atoms. The summed E-state index contributed by atoms with van der Waals surface area (Å²) in [5, 5.41) is 8.95. The minimum absolute atomic E-state index is 0.00260. The fourth-order valence-corrected chi connectivity index (χ4v) is 3.59. The third-order valence-electron chi connectivity index (χ3n) is 4.80. The van der Waals surface area contributed by atoms with Crippen LogP contribution in [0.2, 0.25) is 0 Å². The molecule has 7 nitrogen and oxygen atoms in total. The summed E-state index contributed by atoms with van der Waals surface area (Å²) in [6.07, 6.45) is 6.85. The normalized spacial score (nSPS) is 26.8. The van der Waals surface area contributed by atoms with Crippen LogP contribution in [0, 0.1) is 23.2 Å². The van der Waals surface area contributed by atoms with E-state index in [1.54, 1.807) is 18.2 Å². The average Bonchev–Trinajstić information content (AvgIpc) is 2.68. The Morgan fingerprint density at radius 3 is 2.63 bits per heavy atom. The van der Waals surface area contributed by atoms with Gasteiger partial charge in [-0.05, 0) is 18.4 Å². The number of fused-ring (bicyclic) bond motifs is 1. The standard InChI is InChI=1S/C20H21NO6/c1-24-10-26-15-5-6-16(27-11-25-2)18-17(15)19(22)13-4-3-12(7-8-21)9-14(13)20(18)23/h3-6,12,16,18H,7,9-11H2,1-2H3. The zero-order chi connectivity index (χ0) is 19.4. The van der Waals surface area contributed by atoms with E-state index < -0.39 is 12.0 Å². The fourth-order valence-electron chi connectivity index (χ4n) is 3.59. The van der Waals surface area contributed by atoms with Gasteiger partial charge in [0.1, 0.15) is 12.6 Å². The number of ether oxygens (including phenoxy) is 4. The highest BCUT2D eigenvalue weighted by molar-refractivity contribution is 6.24. The summed E-state index contributed by atoms with van der Waals surface area (Å²) >= 11 is 0. The highest BCUT2D eigenvalue weighted by atomic mass is 16.7. The molecule has 142 valence electrons. The van der Waals surface area contributed by atoms with Gasteiger partial charge in [0, 0.05) is 31.8 Å². The van der Waals surface area contributed by atoms with Gasteiger partial charge in [0.05, 0.1) is 23.7 Å². The topological polar surface area (TPSA) is 94.9 Å². The largest absolute Gasteiger partial charge is 0.467 e. The Balaban J connectivity index is 2.01. The van der Waals surface area contributed by atoms with Crippen molar-refractivity contribution in [2.24, 2.45) is 11.8 Å². The van der Waals surface area contributed by atoms with Crippen LogP contribution in [0.1, 0.15) is 12.8 Å². The van der Waals surface area contributed by atoms with E-state index in [1.165, 1.54) is 14.2 Å². The van der Waals surface area contributed by atoms with Crippen LogP contribution in [0.15, 0.2) is 46.8 Å². The van der Waals surface area contributed by atoms with Crippen LogP contribution < -0.4 is 0 Å². The van der Waals surface area contributed by atoms with Gasteiger partial charge in [-0.3, -0.25) is 9.59 Å². The molecule has 0 aromatic carbocycles. The van der Waals surface area contributed by atoms with Gasteiger partial charge in [0.15, 0.2) is 18.4 Å². The molecular weight excluding hydrogens is 350 g/mol. The Bertz CT molecular complexity index is 798. The maximum absolute atomic E-state index is 13.3. The third-order valence-corrected chi connectivity index (χ3v) is 4.80. The second-order valence-electron chi connectivity index (χ2n) is 6.47. The fraction of sp³-hybridized carbons (Fsp3) is 0.450. The summed E-state index contributed by atoms with van der Waals surface area (Å²) in [4.78, 5) is 26.5. The molecule has 3 unspecified atom stereocenters. The van der Waals surface area contributed by atoms with Gasteiger partial charge in [-0.1, -0.05) is 18.2 Å². The number of hydrogen-bond donors (Lipinski definition) is 0. The van der Waals surface area contributed by atoms with Crippen molar-refractivity contribution in [1.82, 2.24) is 0 Å². The molecule has 27 heavy (non-hydrogen) atoms. The SMILES string of the molecule is COCOC1=C2C(=O)C3=C(CC(CC#N)C=C3)C(=O)C2C(OCOC)C=C1. The summed E-state index contributed by atoms with van der Waals surface area (Å²) < 4.78 is 21.1. The van der Waals surface area contributed by atoms with Gasteiger partial charge < -0.3 is 18.9 Å². The van der Waals surface area contributed by atoms with E-state index in [9.17, 15) is 9.59 Å². The van der Waals surface area contributed by atoms with Crippen molar-refractivity contribution in [3.05, 3.63) is 46.8 Å². The molecule has 3 aliphatic carbocycles. The van der Waals surface area contributed by atoms with Crippen molar-refractivity contribution in [2.75, 3.05) is 27.8 Å². The number of hydrogen-bond acceptors (Lipinski definition) is 7. The van der Waals surface area contributed by atoms with Crippen LogP contribution >= 0.6 is 0 Å². The highest BCUT2D eigenvalue weighted by Gasteiger charge is 2.46. The molecule has 0 amide bonds. The predicted octanol–water partition coefficient (Wildman–Crippen LogP) is 1.97. The minimum Gasteiger partial charge on any atom is -0.467 e. The predicted molar refractivity (Wildman–Crippen MR) is 93.9 cm³/mol. The summed E-state index contributed by atoms with van der Waals surface area (Å²) in [6.45, 7) is -0.0374. The Kier molecular flexibility index (Phi) is 6.01. The Hall–Kier alpha value is -2.53. The lowest BCUT2D eigenvalue weighted by Gasteiger charge is -2.35. The number of Topliss-reactive ketones (excluding diaryl/α,β-unsaturated/α-hetero) is 2. The molecule has 3 rings (SSSR count). The van der Waals surface area contributed by atoms with Crippen LogP contribution in [-0.4, -0.2) is 45.5 Å². The Labute approximate surface area is 157 Å². The van der Waals surface area contributed by atoms with Crippen LogP contribution in [0.4, 0.5) is 0 Å². The number of methoxy groups -OCH3 is 2. The monoisotopic (exact) mass is 371 g/mol. The van der Waals surface area contributed by atoms with E-state index in [-0.39, 0.29) is 36.6 Å². The first-order valence-electron chi connectivity index (χ1n) is 8.64. The molecule has 0 saturated heterocycles. The van der Waals surface area contributed by atoms with Crippen molar-refractivity contribution in [3.8, 4) is 6.07 Å². The smallest absolute Gasteiger partial charge is 0.193 e. The average molecular weight is 371 g/mol. The lowest BCUT2D eigenvalue weighted by Crippen LogP contribution is -2.42. The number of nitriles is 1. The zero-order valence-corrected chi connectivity index (χ0v) is 15.3. The summed E-state index contributed by atoms with van der Waals surface area (Å²) in [6, 6.07) is 2.12. The first-order valence-corrected chi connectivity index (χ1v) is 8.64. The van der Waals surface area contributed by atoms with Crippen LogP contribution in [0.3, 0.4) is 0 Å². The van der Waals surface area contributed by atoms with Gasteiger partial charge in [0.2, 0.25) is 0 Å². The third kappa shape index (κ3) is 3.65. The maximum Gasteiger partial charge on any atom is 0.193 e. The van der Waals surface area contributed by atoms with E-state index in [1.807, 2.05) is 6.08 Å². The molecule has 0 bridgehead atoms. The molecule has 0 heterocycles. The van der Waals surface area contributed by atoms with Crippen molar-refractivity contribution >= 4 is 11.6 Å². The van der Waals surface area contributed by atoms with Crippen LogP contribution in [-0.2, 0) is 28.5 Å². The molecular formula is C20H21NO6. The molecule has 3 atom stereocenters. The van der Waals surface area contributed by atoms with E-state index in [0.717, 1.165) is 0 Å². The molecule has 0 N–H and O–H groups in total. The molecule has 3 aliphatic rings. The number of ketones is 2. The van der Waals surface area contributed by atoms with Crippen LogP contribution in [0.25, 0.3) is 0 Å². The molecule has 0 saturated carbocycles. The molecule has 0 aromatic rings. The summed E-state index contributed by atoms with van der Waals surface area (Å²) in [5.41, 5.74) is 1.12. The van der Waals surface area contributed by atoms with Crippen molar-refractivity contribution in [1.29, 1.82) is 5.26 Å². The quantitative estimate of drug-likeness (QED) is 0.632. The lowest BCUT2D eigenvalue weighted by molar-refractivity contribution is -0.130. The first-order chi connectivity index (χ1) is 13.1. The van der Waals surface area contributed by atoms with Gasteiger partial charge in [-0.25, -0.2) is 0 Å². The minimum atomic E-state index is -0.794. The van der Waals surface area contributed by atoms with Gasteiger partial charge in [-0.15, -0.1) is 0 Å². The number of carbonyl (C=O) groups is 2. The zero-order valence-electron chi connectivity index (χ0n) is 15.3. The molecule has 0 radical (unpaired) electrons. The Morgan fingerprint density at radius 2 is 1.93 bits per heavy atom. The molecule has 0 aromatic heterocycles. The number of rotatable bonds is 7. The van der Waals surface area contributed by atoms with E-state index >= 15 is 0 Å². The van der Waals surface area contributed by atoms with Gasteiger partial charge >= 0.3 is 0 Å². The molecule has 0 fully saturated rings. The van der Waals surface area contributed by atoms with E-state index in [4.69, 9.17) is 24.2 Å². The number of carbonyl (C=O) groups excluding carboxylic acids is 2. The van der Waals surface area contributed by atoms with E-state index in [0.29, 0.717) is 29.7 Å². The first kappa shape index (κ1) is 19.2. The lowest BCUT2D eigenvalue weighted by atomic mass is 9.69. The summed E-state index contributed by atoms with van der Waals surface area (Å²) in [5.74, 6) is -0.967. The van der Waals surface area contributed by atoms with Gasteiger partial charge in [0.25, 0.3) is 0 Å². The molecule has 7 heteroatoms. The summed E-state index contributed by atoms with van der Waals surface area (Å²) in [7, 11) is 2.97. The highest BCUT2D eigenvalue weighted by Crippen LogP contribution is 2.41. The van der Waals surface area contributed by atoms with Crippen molar-refractivity contribution in [3.63, 3.8) is 0 Å². The van der Waals surface area contributed by atoms with Crippen molar-refractivity contribution < 1.29 is 28.5 Å². The maximum atomic E-state index is 13.3. The Morgan fingerprint density at radius 1 is 1.15 bits per heavy atom. The second kappa shape index (κ2) is 8.44. The number of allylic oxidation sites excluding steroid dienone is 5.